The lowest BCUT2D eigenvalue weighted by Crippen LogP contribution is -2.45. The number of amides is 1. The summed E-state index contributed by atoms with van der Waals surface area (Å²) in [5.74, 6) is 0.484. The van der Waals surface area contributed by atoms with Crippen LogP contribution in [-0.2, 0) is 9.53 Å². The Morgan fingerprint density at radius 1 is 1.32 bits per heavy atom. The predicted molar refractivity (Wildman–Crippen MR) is 79.3 cm³/mol. The van der Waals surface area contributed by atoms with Crippen LogP contribution in [0.1, 0.15) is 24.4 Å². The van der Waals surface area contributed by atoms with Gasteiger partial charge in [-0.1, -0.05) is 0 Å². The Morgan fingerprint density at radius 2 is 2.14 bits per heavy atom. The lowest BCUT2D eigenvalue weighted by molar-refractivity contribution is -0.134. The van der Waals surface area contributed by atoms with Crippen molar-refractivity contribution in [1.29, 1.82) is 0 Å². The Kier molecular flexibility index (Phi) is 4.90. The first kappa shape index (κ1) is 15.2. The van der Waals surface area contributed by atoms with Crippen molar-refractivity contribution in [3.05, 3.63) is 29.6 Å². The molecule has 1 fully saturated rings. The first-order valence-electron chi connectivity index (χ1n) is 7.75. The molecule has 1 amide bonds. The number of hydrogen-bond donors (Lipinski definition) is 1. The minimum Gasteiger partial charge on any atom is -0.493 e. The van der Waals surface area contributed by atoms with Gasteiger partial charge in [0.05, 0.1) is 26.4 Å². The van der Waals surface area contributed by atoms with Crippen molar-refractivity contribution in [2.24, 2.45) is 0 Å². The third-order valence-electron chi connectivity index (χ3n) is 4.11. The summed E-state index contributed by atoms with van der Waals surface area (Å²) >= 11 is 0. The van der Waals surface area contributed by atoms with Crippen LogP contribution < -0.4 is 10.1 Å². The molecular weight excluding hydrogens is 287 g/mol. The summed E-state index contributed by atoms with van der Waals surface area (Å²) in [6.45, 7) is 3.34. The van der Waals surface area contributed by atoms with Crippen molar-refractivity contribution in [2.75, 3.05) is 39.5 Å². The van der Waals surface area contributed by atoms with Crippen LogP contribution in [0.25, 0.3) is 0 Å². The fraction of sp³-hybridized carbons (Fsp3) is 0.562. The zero-order valence-electron chi connectivity index (χ0n) is 12.5. The van der Waals surface area contributed by atoms with Gasteiger partial charge < -0.3 is 19.7 Å². The molecule has 0 aromatic heterocycles. The van der Waals surface area contributed by atoms with Crippen molar-refractivity contribution in [3.8, 4) is 5.75 Å². The van der Waals surface area contributed by atoms with Crippen LogP contribution in [0.2, 0.25) is 0 Å². The van der Waals surface area contributed by atoms with Crippen LogP contribution in [0.5, 0.6) is 5.75 Å². The van der Waals surface area contributed by atoms with Crippen LogP contribution in [0.3, 0.4) is 0 Å². The minimum atomic E-state index is -0.282. The minimum absolute atomic E-state index is 0.0572. The normalized spacial score (nSPS) is 21.7. The standard InChI is InChI=1S/C16H21FN2O3/c17-12-3-4-15-13(10-12)14(2-1-7-22-15)18-11-16(20)19-5-8-21-9-6-19/h3-4,10,14,18H,1-2,5-9,11H2. The molecule has 2 aliphatic heterocycles. The first-order valence-corrected chi connectivity index (χ1v) is 7.75. The molecule has 1 aromatic rings. The van der Waals surface area contributed by atoms with E-state index in [0.29, 0.717) is 38.7 Å². The number of halogens is 1. The van der Waals surface area contributed by atoms with Crippen molar-refractivity contribution in [2.45, 2.75) is 18.9 Å². The van der Waals surface area contributed by atoms with E-state index in [1.54, 1.807) is 11.0 Å². The number of hydrogen-bond acceptors (Lipinski definition) is 4. The second-order valence-corrected chi connectivity index (χ2v) is 5.60. The molecule has 2 aliphatic rings. The number of benzene rings is 1. The van der Waals surface area contributed by atoms with Crippen molar-refractivity contribution >= 4 is 5.91 Å². The maximum atomic E-state index is 13.5. The van der Waals surface area contributed by atoms with E-state index in [-0.39, 0.29) is 24.3 Å². The van der Waals surface area contributed by atoms with Gasteiger partial charge in [-0.25, -0.2) is 4.39 Å². The maximum Gasteiger partial charge on any atom is 0.236 e. The molecule has 3 rings (SSSR count). The van der Waals surface area contributed by atoms with Crippen LogP contribution >= 0.6 is 0 Å². The summed E-state index contributed by atoms with van der Waals surface area (Å²) in [5, 5.41) is 3.26. The molecule has 0 bridgehead atoms. The highest BCUT2D eigenvalue weighted by molar-refractivity contribution is 5.78. The quantitative estimate of drug-likeness (QED) is 0.919. The fourth-order valence-corrected chi connectivity index (χ4v) is 2.90. The zero-order valence-corrected chi connectivity index (χ0v) is 12.5. The second kappa shape index (κ2) is 7.07. The molecule has 1 atom stereocenters. The van der Waals surface area contributed by atoms with E-state index in [0.717, 1.165) is 18.4 Å². The van der Waals surface area contributed by atoms with Gasteiger partial charge in [0.15, 0.2) is 0 Å². The predicted octanol–water partition coefficient (Wildman–Crippen LogP) is 1.49. The van der Waals surface area contributed by atoms with E-state index in [1.807, 2.05) is 0 Å². The number of nitrogens with one attached hydrogen (secondary N) is 1. The fourth-order valence-electron chi connectivity index (χ4n) is 2.90. The van der Waals surface area contributed by atoms with Gasteiger partial charge in [-0.2, -0.15) is 0 Å². The topological polar surface area (TPSA) is 50.8 Å². The van der Waals surface area contributed by atoms with Gasteiger partial charge in [-0.3, -0.25) is 4.79 Å². The Bertz CT molecular complexity index is 532. The summed E-state index contributed by atoms with van der Waals surface area (Å²) in [7, 11) is 0. The monoisotopic (exact) mass is 308 g/mol. The van der Waals surface area contributed by atoms with Crippen molar-refractivity contribution < 1.29 is 18.7 Å². The Morgan fingerprint density at radius 3 is 2.95 bits per heavy atom. The van der Waals surface area contributed by atoms with Crippen LogP contribution in [-0.4, -0.2) is 50.3 Å². The van der Waals surface area contributed by atoms with Gasteiger partial charge in [0, 0.05) is 24.7 Å². The number of carbonyl (C=O) groups is 1. The van der Waals surface area contributed by atoms with E-state index < -0.39 is 0 Å². The van der Waals surface area contributed by atoms with E-state index in [9.17, 15) is 9.18 Å². The highest BCUT2D eigenvalue weighted by atomic mass is 19.1. The number of rotatable bonds is 3. The molecule has 0 aliphatic carbocycles. The molecular formula is C16H21FN2O3. The molecule has 6 heteroatoms. The Labute approximate surface area is 129 Å². The van der Waals surface area contributed by atoms with E-state index in [2.05, 4.69) is 5.32 Å². The van der Waals surface area contributed by atoms with Gasteiger partial charge in [-0.15, -0.1) is 0 Å². The number of morpholine rings is 1. The maximum absolute atomic E-state index is 13.5. The molecule has 0 radical (unpaired) electrons. The van der Waals surface area contributed by atoms with E-state index >= 15 is 0 Å². The molecule has 2 heterocycles. The Hall–Kier alpha value is -1.66. The summed E-state index contributed by atoms with van der Waals surface area (Å²) < 4.78 is 24.4. The molecule has 5 nitrogen and oxygen atoms in total. The highest BCUT2D eigenvalue weighted by Crippen LogP contribution is 2.31. The van der Waals surface area contributed by atoms with E-state index in [1.165, 1.54) is 12.1 Å². The lowest BCUT2D eigenvalue weighted by atomic mass is 10.0. The van der Waals surface area contributed by atoms with E-state index in [4.69, 9.17) is 9.47 Å². The van der Waals surface area contributed by atoms with Gasteiger partial charge in [-0.05, 0) is 31.0 Å². The number of ether oxygens (including phenoxy) is 2. The largest absolute Gasteiger partial charge is 0.493 e. The second-order valence-electron chi connectivity index (χ2n) is 5.60. The first-order chi connectivity index (χ1) is 10.7. The third-order valence-corrected chi connectivity index (χ3v) is 4.11. The third kappa shape index (κ3) is 3.56. The molecule has 0 saturated carbocycles. The van der Waals surface area contributed by atoms with Crippen molar-refractivity contribution in [1.82, 2.24) is 10.2 Å². The summed E-state index contributed by atoms with van der Waals surface area (Å²) in [5.41, 5.74) is 0.798. The molecule has 120 valence electrons. The number of fused-ring (bicyclic) bond motifs is 1. The van der Waals surface area contributed by atoms with Gasteiger partial charge in [0.2, 0.25) is 5.91 Å². The molecule has 22 heavy (non-hydrogen) atoms. The molecule has 0 spiro atoms. The lowest BCUT2D eigenvalue weighted by Gasteiger charge is -2.28. The van der Waals surface area contributed by atoms with Gasteiger partial charge in [0.25, 0.3) is 0 Å². The molecule has 1 N–H and O–H groups in total. The number of carbonyl (C=O) groups excluding carboxylic acids is 1. The van der Waals surface area contributed by atoms with Crippen molar-refractivity contribution in [3.63, 3.8) is 0 Å². The molecule has 1 unspecified atom stereocenters. The SMILES string of the molecule is O=C(CNC1CCCOc2ccc(F)cc21)N1CCOCC1. The zero-order chi connectivity index (χ0) is 15.4. The van der Waals surface area contributed by atoms with Crippen LogP contribution in [0, 0.1) is 5.82 Å². The van der Waals surface area contributed by atoms with Gasteiger partial charge in [0.1, 0.15) is 11.6 Å². The van der Waals surface area contributed by atoms with Crippen LogP contribution in [0.15, 0.2) is 18.2 Å². The molecule has 1 saturated heterocycles. The summed E-state index contributed by atoms with van der Waals surface area (Å²) in [6.07, 6.45) is 1.70. The number of nitrogens with zero attached hydrogens (tertiary/aromatic N) is 1. The summed E-state index contributed by atoms with van der Waals surface area (Å²) in [4.78, 5) is 14.0. The summed E-state index contributed by atoms with van der Waals surface area (Å²) in [6, 6.07) is 4.50. The van der Waals surface area contributed by atoms with Gasteiger partial charge >= 0.3 is 0 Å². The molecule has 1 aromatic carbocycles. The smallest absolute Gasteiger partial charge is 0.236 e. The highest BCUT2D eigenvalue weighted by Gasteiger charge is 2.22. The average molecular weight is 308 g/mol. The Balaban J connectivity index is 1.64. The van der Waals surface area contributed by atoms with Crippen LogP contribution in [0.4, 0.5) is 4.39 Å². The average Bonchev–Trinajstić information content (AvgIpc) is 2.75.